The van der Waals surface area contributed by atoms with Crippen molar-refractivity contribution < 1.29 is 9.18 Å². The molecule has 1 heterocycles. The Balaban J connectivity index is 1.31. The Morgan fingerprint density at radius 2 is 1.85 bits per heavy atom. The van der Waals surface area contributed by atoms with E-state index in [9.17, 15) is 9.18 Å². The predicted octanol–water partition coefficient (Wildman–Crippen LogP) is 4.22. The monoisotopic (exact) mass is 378 g/mol. The van der Waals surface area contributed by atoms with Crippen molar-refractivity contribution in [1.29, 1.82) is 0 Å². The third kappa shape index (κ3) is 5.98. The summed E-state index contributed by atoms with van der Waals surface area (Å²) in [5.41, 5.74) is 0.745. The van der Waals surface area contributed by atoms with Crippen molar-refractivity contribution in [2.45, 2.75) is 56.7 Å². The van der Waals surface area contributed by atoms with Gasteiger partial charge in [-0.2, -0.15) is 11.8 Å². The highest BCUT2D eigenvalue weighted by atomic mass is 32.2. The largest absolute Gasteiger partial charge is 0.355 e. The minimum atomic E-state index is -0.136. The molecule has 1 aromatic rings. The molecule has 0 aromatic heterocycles. The number of nitrogens with zero attached hydrogens (tertiary/aromatic N) is 1. The van der Waals surface area contributed by atoms with E-state index in [1.54, 1.807) is 6.07 Å². The third-order valence-electron chi connectivity index (χ3n) is 5.62. The molecule has 3 rings (SSSR count). The molecule has 1 aliphatic heterocycles. The molecule has 5 heteroatoms. The Morgan fingerprint density at radius 1 is 1.12 bits per heavy atom. The summed E-state index contributed by atoms with van der Waals surface area (Å²) in [5.74, 6) is 1.22. The van der Waals surface area contributed by atoms with Crippen LogP contribution in [-0.2, 0) is 11.3 Å². The predicted molar refractivity (Wildman–Crippen MR) is 107 cm³/mol. The number of benzene rings is 1. The van der Waals surface area contributed by atoms with Gasteiger partial charge in [0.05, 0.1) is 0 Å². The summed E-state index contributed by atoms with van der Waals surface area (Å²) in [5, 5.41) is 3.93. The molecule has 2 fully saturated rings. The number of hydrogen-bond donors (Lipinski definition) is 1. The molecule has 0 bridgehead atoms. The van der Waals surface area contributed by atoms with Crippen LogP contribution in [0.25, 0.3) is 0 Å². The van der Waals surface area contributed by atoms with E-state index in [2.05, 4.69) is 10.2 Å². The maximum absolute atomic E-state index is 13.8. The Bertz CT molecular complexity index is 569. The van der Waals surface area contributed by atoms with Crippen LogP contribution >= 0.6 is 11.8 Å². The summed E-state index contributed by atoms with van der Waals surface area (Å²) in [6, 6.07) is 6.96. The van der Waals surface area contributed by atoms with Crippen LogP contribution < -0.4 is 5.32 Å². The SMILES string of the molecule is O=C(NCCSC1CCCCC1)C1CCN(Cc2ccccc2F)CC1. The molecular weight excluding hydrogens is 347 g/mol. The lowest BCUT2D eigenvalue weighted by Crippen LogP contribution is -2.40. The van der Waals surface area contributed by atoms with Crippen molar-refractivity contribution >= 4 is 17.7 Å². The van der Waals surface area contributed by atoms with Gasteiger partial charge in [-0.25, -0.2) is 4.39 Å². The summed E-state index contributed by atoms with van der Waals surface area (Å²) in [6.07, 6.45) is 8.57. The standard InChI is InChI=1S/C21H31FN2OS/c22-20-9-5-4-6-18(20)16-24-13-10-17(11-14-24)21(25)23-12-15-26-19-7-2-1-3-8-19/h4-6,9,17,19H,1-3,7-8,10-16H2,(H,23,25). The van der Waals surface area contributed by atoms with Crippen LogP contribution in [0.5, 0.6) is 0 Å². The van der Waals surface area contributed by atoms with Gasteiger partial charge in [-0.1, -0.05) is 37.5 Å². The second-order valence-corrected chi connectivity index (χ2v) is 8.97. The van der Waals surface area contributed by atoms with Crippen LogP contribution in [0.3, 0.4) is 0 Å². The smallest absolute Gasteiger partial charge is 0.223 e. The molecule has 0 radical (unpaired) electrons. The number of rotatable bonds is 7. The number of nitrogens with one attached hydrogen (secondary N) is 1. The first-order chi connectivity index (χ1) is 12.7. The number of thioether (sulfide) groups is 1. The van der Waals surface area contributed by atoms with Gasteiger partial charge in [0.15, 0.2) is 0 Å². The number of carbonyl (C=O) groups excluding carboxylic acids is 1. The molecule has 1 aliphatic carbocycles. The van der Waals surface area contributed by atoms with Gasteiger partial charge in [0.25, 0.3) is 0 Å². The first-order valence-electron chi connectivity index (χ1n) is 10.1. The summed E-state index contributed by atoms with van der Waals surface area (Å²) in [4.78, 5) is 14.6. The molecule has 144 valence electrons. The first-order valence-corrected chi connectivity index (χ1v) is 11.1. The highest BCUT2D eigenvalue weighted by molar-refractivity contribution is 7.99. The van der Waals surface area contributed by atoms with E-state index in [0.717, 1.165) is 49.0 Å². The van der Waals surface area contributed by atoms with Gasteiger partial charge in [-0.3, -0.25) is 9.69 Å². The van der Waals surface area contributed by atoms with Crippen LogP contribution in [0.2, 0.25) is 0 Å². The molecule has 1 saturated heterocycles. The third-order valence-corrected chi connectivity index (χ3v) is 7.00. The zero-order valence-corrected chi connectivity index (χ0v) is 16.4. The Kier molecular flexibility index (Phi) is 7.81. The van der Waals surface area contributed by atoms with Gasteiger partial charge < -0.3 is 5.32 Å². The number of likely N-dealkylation sites (tertiary alicyclic amines) is 1. The summed E-state index contributed by atoms with van der Waals surface area (Å²) >= 11 is 2.03. The van der Waals surface area contributed by atoms with Crippen LogP contribution in [0.1, 0.15) is 50.5 Å². The fourth-order valence-electron chi connectivity index (χ4n) is 4.00. The quantitative estimate of drug-likeness (QED) is 0.721. The lowest BCUT2D eigenvalue weighted by molar-refractivity contribution is -0.126. The first kappa shape index (κ1) is 19.7. The second kappa shape index (κ2) is 10.3. The lowest BCUT2D eigenvalue weighted by atomic mass is 9.95. The number of hydrogen-bond acceptors (Lipinski definition) is 3. The van der Waals surface area contributed by atoms with Crippen molar-refractivity contribution in [3.05, 3.63) is 35.6 Å². The van der Waals surface area contributed by atoms with Crippen molar-refractivity contribution in [3.63, 3.8) is 0 Å². The van der Waals surface area contributed by atoms with E-state index in [0.29, 0.717) is 6.54 Å². The van der Waals surface area contributed by atoms with Crippen molar-refractivity contribution in [2.75, 3.05) is 25.4 Å². The molecule has 1 amide bonds. The number of halogens is 1. The molecular formula is C21H31FN2OS. The Labute approximate surface area is 161 Å². The molecule has 0 unspecified atom stereocenters. The molecule has 1 saturated carbocycles. The van der Waals surface area contributed by atoms with Gasteiger partial charge in [0, 0.05) is 35.6 Å². The molecule has 0 spiro atoms. The zero-order chi connectivity index (χ0) is 18.2. The van der Waals surface area contributed by atoms with E-state index < -0.39 is 0 Å². The summed E-state index contributed by atoms with van der Waals surface area (Å²) in [6.45, 7) is 3.15. The molecule has 1 N–H and O–H groups in total. The number of piperidine rings is 1. The van der Waals surface area contributed by atoms with E-state index in [1.807, 2.05) is 23.9 Å². The van der Waals surface area contributed by atoms with Crippen molar-refractivity contribution in [2.24, 2.45) is 5.92 Å². The van der Waals surface area contributed by atoms with Crippen molar-refractivity contribution in [3.8, 4) is 0 Å². The average Bonchev–Trinajstić information content (AvgIpc) is 2.68. The lowest BCUT2D eigenvalue weighted by Gasteiger charge is -2.31. The number of carbonyl (C=O) groups is 1. The molecule has 1 aromatic carbocycles. The fourth-order valence-corrected chi connectivity index (χ4v) is 5.22. The second-order valence-electron chi connectivity index (χ2n) is 7.56. The van der Waals surface area contributed by atoms with Gasteiger partial charge in [0.1, 0.15) is 5.82 Å². The highest BCUT2D eigenvalue weighted by Gasteiger charge is 2.25. The molecule has 3 nitrogen and oxygen atoms in total. The minimum absolute atomic E-state index is 0.117. The zero-order valence-electron chi connectivity index (χ0n) is 15.6. The number of amides is 1. The van der Waals surface area contributed by atoms with Crippen LogP contribution in [-0.4, -0.2) is 41.4 Å². The molecule has 26 heavy (non-hydrogen) atoms. The van der Waals surface area contributed by atoms with Crippen LogP contribution in [0.4, 0.5) is 4.39 Å². The Hall–Kier alpha value is -1.07. The maximum atomic E-state index is 13.8. The molecule has 0 atom stereocenters. The van der Waals surface area contributed by atoms with E-state index in [1.165, 1.54) is 38.2 Å². The van der Waals surface area contributed by atoms with Gasteiger partial charge in [-0.05, 0) is 44.8 Å². The maximum Gasteiger partial charge on any atom is 0.223 e. The van der Waals surface area contributed by atoms with Crippen LogP contribution in [0.15, 0.2) is 24.3 Å². The average molecular weight is 379 g/mol. The van der Waals surface area contributed by atoms with Gasteiger partial charge in [-0.15, -0.1) is 0 Å². The minimum Gasteiger partial charge on any atom is -0.355 e. The summed E-state index contributed by atoms with van der Waals surface area (Å²) < 4.78 is 13.8. The highest BCUT2D eigenvalue weighted by Crippen LogP contribution is 2.27. The van der Waals surface area contributed by atoms with Gasteiger partial charge >= 0.3 is 0 Å². The van der Waals surface area contributed by atoms with E-state index in [4.69, 9.17) is 0 Å². The summed E-state index contributed by atoms with van der Waals surface area (Å²) in [7, 11) is 0. The topological polar surface area (TPSA) is 32.3 Å². The normalized spacial score (nSPS) is 20.2. The van der Waals surface area contributed by atoms with Gasteiger partial charge in [0.2, 0.25) is 5.91 Å². The Morgan fingerprint density at radius 3 is 2.58 bits per heavy atom. The van der Waals surface area contributed by atoms with Crippen LogP contribution in [0, 0.1) is 11.7 Å². The van der Waals surface area contributed by atoms with Crippen molar-refractivity contribution in [1.82, 2.24) is 10.2 Å². The molecule has 2 aliphatic rings. The van der Waals surface area contributed by atoms with E-state index in [-0.39, 0.29) is 17.6 Å². The fraction of sp³-hybridized carbons (Fsp3) is 0.667. The van der Waals surface area contributed by atoms with E-state index >= 15 is 0 Å².